The van der Waals surface area contributed by atoms with E-state index in [4.69, 9.17) is 5.11 Å². The van der Waals surface area contributed by atoms with E-state index < -0.39 is 36.0 Å². The number of halogens is 4. The number of aliphatic hydroxyl groups is 1. The smallest absolute Gasteiger partial charge is 0.387 e. The molecule has 7 nitrogen and oxygen atoms in total. The standard InChI is InChI=1S/C22H18F4N4O3S/c23-21(7-8-30(12-21)18(33)10-31)17-6-5-13(9-27-17)16(32)11-34-19-14-3-1-2-4-15(14)28-20(29-19)22(24,25)26/h1-6,9,31H,7-8,10-12H2. The molecule has 0 spiro atoms. The maximum absolute atomic E-state index is 15.2. The predicted molar refractivity (Wildman–Crippen MR) is 115 cm³/mol. The molecule has 178 valence electrons. The minimum Gasteiger partial charge on any atom is -0.387 e. The first kappa shape index (κ1) is 24.0. The van der Waals surface area contributed by atoms with Crippen LogP contribution < -0.4 is 0 Å². The van der Waals surface area contributed by atoms with Gasteiger partial charge in [-0.3, -0.25) is 14.6 Å². The van der Waals surface area contributed by atoms with Gasteiger partial charge in [0, 0.05) is 30.1 Å². The van der Waals surface area contributed by atoms with Gasteiger partial charge in [0.15, 0.2) is 11.5 Å². The number of amides is 1. The minimum atomic E-state index is -4.73. The van der Waals surface area contributed by atoms with E-state index in [-0.39, 0.29) is 47.1 Å². The molecule has 1 aromatic carbocycles. The Morgan fingerprint density at radius 2 is 1.91 bits per heavy atom. The summed E-state index contributed by atoms with van der Waals surface area (Å²) in [6.45, 7) is -0.812. The summed E-state index contributed by atoms with van der Waals surface area (Å²) in [7, 11) is 0. The van der Waals surface area contributed by atoms with Crippen LogP contribution in [0.3, 0.4) is 0 Å². The normalized spacial score (nSPS) is 18.4. The molecule has 1 atom stereocenters. The molecule has 1 amide bonds. The number of hydrogen-bond donors (Lipinski definition) is 1. The highest BCUT2D eigenvalue weighted by Crippen LogP contribution is 2.35. The van der Waals surface area contributed by atoms with Crippen molar-refractivity contribution < 1.29 is 32.3 Å². The molecular formula is C22H18F4N4O3S. The Hall–Kier alpha value is -3.12. The molecule has 12 heteroatoms. The molecule has 0 saturated carbocycles. The molecule has 1 fully saturated rings. The van der Waals surface area contributed by atoms with Gasteiger partial charge in [0.1, 0.15) is 11.6 Å². The van der Waals surface area contributed by atoms with Crippen molar-refractivity contribution in [3.8, 4) is 0 Å². The van der Waals surface area contributed by atoms with Gasteiger partial charge in [-0.2, -0.15) is 13.2 Å². The molecule has 1 aliphatic heterocycles. The van der Waals surface area contributed by atoms with Crippen LogP contribution >= 0.6 is 11.8 Å². The number of nitrogens with zero attached hydrogens (tertiary/aromatic N) is 4. The Morgan fingerprint density at radius 1 is 1.15 bits per heavy atom. The average molecular weight is 494 g/mol. The van der Waals surface area contributed by atoms with Gasteiger partial charge in [-0.05, 0) is 18.2 Å². The van der Waals surface area contributed by atoms with Crippen LogP contribution in [0.1, 0.15) is 28.3 Å². The zero-order valence-electron chi connectivity index (χ0n) is 17.5. The number of fused-ring (bicyclic) bond motifs is 1. The molecule has 1 saturated heterocycles. The summed E-state index contributed by atoms with van der Waals surface area (Å²) >= 11 is 0.848. The minimum absolute atomic E-state index is 0.0111. The third-order valence-electron chi connectivity index (χ3n) is 5.41. The first-order valence-corrected chi connectivity index (χ1v) is 11.1. The Bertz CT molecular complexity index is 1240. The van der Waals surface area contributed by atoms with Gasteiger partial charge in [0.2, 0.25) is 11.7 Å². The molecule has 0 radical (unpaired) electrons. The lowest BCUT2D eigenvalue weighted by molar-refractivity contribution is -0.145. The van der Waals surface area contributed by atoms with Crippen LogP contribution in [0.2, 0.25) is 0 Å². The molecule has 0 bridgehead atoms. The maximum Gasteiger partial charge on any atom is 0.451 e. The number of hydrogen-bond acceptors (Lipinski definition) is 7. The van der Waals surface area contributed by atoms with Gasteiger partial charge in [-0.25, -0.2) is 14.4 Å². The number of alkyl halides is 4. The maximum atomic E-state index is 15.2. The SMILES string of the molecule is O=C(CSc1nc(C(F)(F)F)nc2ccccc12)c1ccc(C2(F)CCN(C(=O)CO)C2)nc1. The fourth-order valence-corrected chi connectivity index (χ4v) is 4.53. The van der Waals surface area contributed by atoms with E-state index >= 15 is 4.39 Å². The van der Waals surface area contributed by atoms with Crippen molar-refractivity contribution in [3.05, 3.63) is 59.7 Å². The second kappa shape index (κ2) is 9.26. The van der Waals surface area contributed by atoms with E-state index in [1.807, 2.05) is 0 Å². The zero-order valence-corrected chi connectivity index (χ0v) is 18.4. The number of aliphatic hydroxyl groups excluding tert-OH is 1. The van der Waals surface area contributed by atoms with Gasteiger partial charge < -0.3 is 10.0 Å². The van der Waals surface area contributed by atoms with E-state index in [1.54, 1.807) is 18.2 Å². The number of carbonyl (C=O) groups excluding carboxylic acids is 2. The summed E-state index contributed by atoms with van der Waals surface area (Å²) in [5.74, 6) is -2.49. The number of ketones is 1. The fraction of sp³-hybridized carbons (Fsp3) is 0.318. The van der Waals surface area contributed by atoms with Crippen LogP contribution in [0.5, 0.6) is 0 Å². The summed E-state index contributed by atoms with van der Waals surface area (Å²) in [5, 5.41) is 9.37. The summed E-state index contributed by atoms with van der Waals surface area (Å²) in [5.41, 5.74) is -1.56. The number of benzene rings is 1. The number of carbonyl (C=O) groups is 2. The van der Waals surface area contributed by atoms with Crippen molar-refractivity contribution in [2.75, 3.05) is 25.4 Å². The summed E-state index contributed by atoms with van der Waals surface area (Å²) in [6, 6.07) is 8.95. The van der Waals surface area contributed by atoms with E-state index in [1.165, 1.54) is 29.3 Å². The third kappa shape index (κ3) is 4.87. The van der Waals surface area contributed by atoms with Crippen molar-refractivity contribution in [2.45, 2.75) is 23.3 Å². The van der Waals surface area contributed by atoms with Crippen LogP contribution in [0, 0.1) is 0 Å². The van der Waals surface area contributed by atoms with Crippen molar-refractivity contribution >= 4 is 34.4 Å². The highest BCUT2D eigenvalue weighted by molar-refractivity contribution is 8.00. The van der Waals surface area contributed by atoms with Crippen LogP contribution in [-0.4, -0.2) is 62.1 Å². The van der Waals surface area contributed by atoms with Gasteiger partial charge in [0.05, 0.1) is 23.5 Å². The van der Waals surface area contributed by atoms with Crippen molar-refractivity contribution in [1.29, 1.82) is 0 Å². The second-order valence-electron chi connectivity index (χ2n) is 7.70. The second-order valence-corrected chi connectivity index (χ2v) is 8.66. The number of para-hydroxylation sites is 1. The van der Waals surface area contributed by atoms with Crippen LogP contribution in [0.15, 0.2) is 47.6 Å². The Balaban J connectivity index is 1.48. The Labute approximate surface area is 195 Å². The number of likely N-dealkylation sites (tertiary alicyclic amines) is 1. The Kier molecular flexibility index (Phi) is 6.54. The highest BCUT2D eigenvalue weighted by atomic mass is 32.2. The number of aromatic nitrogens is 3. The van der Waals surface area contributed by atoms with E-state index in [2.05, 4.69) is 15.0 Å². The molecule has 0 aliphatic carbocycles. The van der Waals surface area contributed by atoms with Gasteiger partial charge in [0.25, 0.3) is 0 Å². The van der Waals surface area contributed by atoms with Crippen molar-refractivity contribution in [3.63, 3.8) is 0 Å². The van der Waals surface area contributed by atoms with Crippen molar-refractivity contribution in [1.82, 2.24) is 19.9 Å². The summed E-state index contributed by atoms with van der Waals surface area (Å²) < 4.78 is 54.8. The first-order valence-electron chi connectivity index (χ1n) is 10.1. The van der Waals surface area contributed by atoms with E-state index in [9.17, 15) is 22.8 Å². The van der Waals surface area contributed by atoms with E-state index in [0.29, 0.717) is 5.39 Å². The van der Waals surface area contributed by atoms with Crippen LogP contribution in [-0.2, 0) is 16.6 Å². The van der Waals surface area contributed by atoms with Gasteiger partial charge in [-0.15, -0.1) is 0 Å². The lowest BCUT2D eigenvalue weighted by Gasteiger charge is -2.20. The molecule has 1 aliphatic rings. The lowest BCUT2D eigenvalue weighted by Crippen LogP contribution is -2.34. The molecule has 3 heterocycles. The van der Waals surface area contributed by atoms with E-state index in [0.717, 1.165) is 11.8 Å². The number of thioether (sulfide) groups is 1. The molecule has 3 aromatic rings. The summed E-state index contributed by atoms with van der Waals surface area (Å²) in [6.07, 6.45) is -3.52. The predicted octanol–water partition coefficient (Wildman–Crippen LogP) is 3.41. The van der Waals surface area contributed by atoms with Crippen LogP contribution in [0.25, 0.3) is 10.9 Å². The third-order valence-corrected chi connectivity index (χ3v) is 6.40. The van der Waals surface area contributed by atoms with Gasteiger partial charge >= 0.3 is 6.18 Å². The topological polar surface area (TPSA) is 96.3 Å². The molecule has 4 rings (SSSR count). The largest absolute Gasteiger partial charge is 0.451 e. The number of rotatable bonds is 6. The van der Waals surface area contributed by atoms with Crippen molar-refractivity contribution in [2.24, 2.45) is 0 Å². The van der Waals surface area contributed by atoms with Gasteiger partial charge in [-0.1, -0.05) is 30.0 Å². The quantitative estimate of drug-likeness (QED) is 0.243. The number of pyridine rings is 1. The molecule has 1 N–H and O–H groups in total. The fourth-order valence-electron chi connectivity index (χ4n) is 3.62. The zero-order chi connectivity index (χ0) is 24.5. The van der Waals surface area contributed by atoms with Crippen LogP contribution in [0.4, 0.5) is 17.6 Å². The molecule has 1 unspecified atom stereocenters. The Morgan fingerprint density at radius 3 is 2.59 bits per heavy atom. The molecule has 2 aromatic heterocycles. The molecular weight excluding hydrogens is 476 g/mol. The highest BCUT2D eigenvalue weighted by Gasteiger charge is 2.42. The number of Topliss-reactive ketones (excluding diaryl/α,β-unsaturated/α-hetero) is 1. The summed E-state index contributed by atoms with van der Waals surface area (Å²) in [4.78, 5) is 36.6. The molecule has 34 heavy (non-hydrogen) atoms. The lowest BCUT2D eigenvalue weighted by atomic mass is 9.99. The average Bonchev–Trinajstić information content (AvgIpc) is 3.24. The first-order chi connectivity index (χ1) is 16.1. The monoisotopic (exact) mass is 494 g/mol.